The number of piperidine rings is 1. The largest absolute Gasteiger partial charge is 0.378 e. The van der Waals surface area contributed by atoms with Gasteiger partial charge in [-0.25, -0.2) is 14.6 Å². The summed E-state index contributed by atoms with van der Waals surface area (Å²) in [6, 6.07) is 18.1. The second-order valence-electron chi connectivity index (χ2n) is 8.30. The van der Waals surface area contributed by atoms with Gasteiger partial charge in [0.05, 0.1) is 17.0 Å². The Morgan fingerprint density at radius 3 is 2.47 bits per heavy atom. The van der Waals surface area contributed by atoms with E-state index in [2.05, 4.69) is 15.3 Å². The van der Waals surface area contributed by atoms with Gasteiger partial charge in [0, 0.05) is 22.7 Å². The maximum atomic E-state index is 13.7. The summed E-state index contributed by atoms with van der Waals surface area (Å²) in [4.78, 5) is 22.2. The minimum absolute atomic E-state index is 0.0756. The van der Waals surface area contributed by atoms with Crippen molar-refractivity contribution in [3.63, 3.8) is 0 Å². The molecule has 8 heteroatoms. The van der Waals surface area contributed by atoms with Crippen LogP contribution >= 0.6 is 11.6 Å². The van der Waals surface area contributed by atoms with E-state index in [1.165, 1.54) is 11.0 Å². The lowest BCUT2D eigenvalue weighted by molar-refractivity contribution is 0.0630. The molecule has 1 aliphatic heterocycles. The number of carbonyl (C=O) groups is 1. The van der Waals surface area contributed by atoms with Gasteiger partial charge in [-0.15, -0.1) is 0 Å². The molecule has 0 bridgehead atoms. The zero-order valence-corrected chi connectivity index (χ0v) is 19.2. The van der Waals surface area contributed by atoms with E-state index in [4.69, 9.17) is 16.7 Å². The number of aromatic nitrogens is 4. The van der Waals surface area contributed by atoms with Crippen LogP contribution in [0, 0.1) is 0 Å². The topological polar surface area (TPSA) is 92.9 Å². The lowest BCUT2D eigenvalue weighted by atomic mass is 9.89. The molecule has 1 saturated heterocycles. The third-order valence-electron chi connectivity index (χ3n) is 6.16. The maximum absolute atomic E-state index is 13.7. The number of hydrogen-bond acceptors (Lipinski definition) is 6. The first kappa shape index (κ1) is 22.4. The van der Waals surface area contributed by atoms with Gasteiger partial charge < -0.3 is 10.4 Å². The number of rotatable bonds is 5. The Morgan fingerprint density at radius 2 is 1.79 bits per heavy atom. The predicted octanol–water partition coefficient (Wildman–Crippen LogP) is 4.50. The molecule has 172 valence electrons. The van der Waals surface area contributed by atoms with Gasteiger partial charge in [-0.2, -0.15) is 5.10 Å². The van der Waals surface area contributed by atoms with Gasteiger partial charge in [-0.05, 0) is 49.7 Å². The molecular weight excluding hydrogens is 450 g/mol. The van der Waals surface area contributed by atoms with Crippen LogP contribution in [0.15, 0.2) is 73.2 Å². The van der Waals surface area contributed by atoms with Crippen LogP contribution in [0.3, 0.4) is 0 Å². The predicted molar refractivity (Wildman–Crippen MR) is 131 cm³/mol. The summed E-state index contributed by atoms with van der Waals surface area (Å²) < 4.78 is 1.40. The summed E-state index contributed by atoms with van der Waals surface area (Å²) in [6.07, 6.45) is 3.53. The molecule has 0 radical (unpaired) electrons. The minimum atomic E-state index is -1.34. The average Bonchev–Trinajstić information content (AvgIpc) is 3.30. The van der Waals surface area contributed by atoms with Crippen LogP contribution in [-0.4, -0.2) is 43.9 Å². The normalized spacial score (nSPS) is 15.2. The standard InChI is InChI=1S/C26H24ClN5O2/c27-20-8-6-17(7-9-20)23-22(21-12-15-29-16-30-21)24(18-10-13-28-14-11-18)32(31-23)26(34)25(33)19-4-2-1-3-5-19/h1-9,12,15-16,18,25,28,33H,10-11,13-14H2. The second kappa shape index (κ2) is 9.85. The Hall–Kier alpha value is -3.39. The van der Waals surface area contributed by atoms with Crippen molar-refractivity contribution in [2.75, 3.05) is 13.1 Å². The van der Waals surface area contributed by atoms with Crippen LogP contribution in [0.2, 0.25) is 5.02 Å². The van der Waals surface area contributed by atoms with E-state index in [-0.39, 0.29) is 5.92 Å². The van der Waals surface area contributed by atoms with E-state index < -0.39 is 12.0 Å². The van der Waals surface area contributed by atoms with Gasteiger partial charge in [-0.3, -0.25) is 4.79 Å². The summed E-state index contributed by atoms with van der Waals surface area (Å²) in [7, 11) is 0. The Balaban J connectivity index is 1.73. The zero-order valence-electron chi connectivity index (χ0n) is 18.4. The van der Waals surface area contributed by atoms with Crippen molar-refractivity contribution in [3.8, 4) is 22.5 Å². The molecule has 34 heavy (non-hydrogen) atoms. The third kappa shape index (κ3) is 4.37. The maximum Gasteiger partial charge on any atom is 0.280 e. The highest BCUT2D eigenvalue weighted by Gasteiger charge is 2.33. The highest BCUT2D eigenvalue weighted by molar-refractivity contribution is 6.30. The van der Waals surface area contributed by atoms with E-state index in [9.17, 15) is 9.90 Å². The first-order chi connectivity index (χ1) is 16.6. The summed E-state index contributed by atoms with van der Waals surface area (Å²) in [5, 5.41) is 19.8. The number of aliphatic hydroxyl groups is 1. The van der Waals surface area contributed by atoms with E-state index in [1.807, 2.05) is 24.3 Å². The second-order valence-corrected chi connectivity index (χ2v) is 8.73. The molecule has 1 aliphatic rings. The molecule has 2 N–H and O–H groups in total. The Morgan fingerprint density at radius 1 is 1.06 bits per heavy atom. The van der Waals surface area contributed by atoms with Crippen molar-refractivity contribution in [1.29, 1.82) is 0 Å². The Kier molecular flexibility index (Phi) is 6.49. The van der Waals surface area contributed by atoms with E-state index in [0.717, 1.165) is 42.8 Å². The first-order valence-electron chi connectivity index (χ1n) is 11.3. The number of carbonyl (C=O) groups excluding carboxylic acids is 1. The highest BCUT2D eigenvalue weighted by atomic mass is 35.5. The van der Waals surface area contributed by atoms with Crippen LogP contribution in [0.5, 0.6) is 0 Å². The van der Waals surface area contributed by atoms with Crippen molar-refractivity contribution in [3.05, 3.63) is 89.5 Å². The number of nitrogens with one attached hydrogen (secondary N) is 1. The molecule has 0 aliphatic carbocycles. The Labute approximate surface area is 202 Å². The molecular formula is C26H24ClN5O2. The zero-order chi connectivity index (χ0) is 23.5. The van der Waals surface area contributed by atoms with Gasteiger partial charge in [0.2, 0.25) is 0 Å². The minimum Gasteiger partial charge on any atom is -0.378 e. The first-order valence-corrected chi connectivity index (χ1v) is 11.6. The summed E-state index contributed by atoms with van der Waals surface area (Å²) in [5.74, 6) is -0.415. The molecule has 0 amide bonds. The van der Waals surface area contributed by atoms with Crippen molar-refractivity contribution in [2.24, 2.45) is 0 Å². The summed E-state index contributed by atoms with van der Waals surface area (Å²) >= 11 is 6.13. The van der Waals surface area contributed by atoms with Gasteiger partial charge in [0.15, 0.2) is 6.10 Å². The van der Waals surface area contributed by atoms with Crippen molar-refractivity contribution >= 4 is 17.5 Å². The lowest BCUT2D eigenvalue weighted by Gasteiger charge is -2.25. The van der Waals surface area contributed by atoms with Crippen LogP contribution in [0.4, 0.5) is 0 Å². The molecule has 2 aromatic heterocycles. The number of aliphatic hydroxyl groups excluding tert-OH is 1. The van der Waals surface area contributed by atoms with Gasteiger partial charge in [-0.1, -0.05) is 54.1 Å². The number of hydrogen-bond donors (Lipinski definition) is 2. The van der Waals surface area contributed by atoms with Crippen LogP contribution in [0.1, 0.15) is 40.9 Å². The quantitative estimate of drug-likeness (QED) is 0.443. The third-order valence-corrected chi connectivity index (χ3v) is 6.41. The molecule has 5 rings (SSSR count). The van der Waals surface area contributed by atoms with E-state index in [0.29, 0.717) is 22.0 Å². The number of benzene rings is 2. The highest BCUT2D eigenvalue weighted by Crippen LogP contribution is 2.40. The fourth-order valence-corrected chi connectivity index (χ4v) is 4.59. The summed E-state index contributed by atoms with van der Waals surface area (Å²) in [6.45, 7) is 1.68. The molecule has 1 atom stereocenters. The Bertz CT molecular complexity index is 1270. The van der Waals surface area contributed by atoms with Crippen molar-refractivity contribution in [2.45, 2.75) is 24.9 Å². The van der Waals surface area contributed by atoms with Crippen LogP contribution < -0.4 is 5.32 Å². The number of halogens is 1. The summed E-state index contributed by atoms with van der Waals surface area (Å²) in [5.41, 5.74) is 4.19. The fourth-order valence-electron chi connectivity index (χ4n) is 4.47. The van der Waals surface area contributed by atoms with Crippen molar-refractivity contribution in [1.82, 2.24) is 25.1 Å². The van der Waals surface area contributed by atoms with E-state index in [1.54, 1.807) is 42.6 Å². The van der Waals surface area contributed by atoms with Gasteiger partial charge in [0.1, 0.15) is 12.0 Å². The van der Waals surface area contributed by atoms with Crippen LogP contribution in [-0.2, 0) is 0 Å². The van der Waals surface area contributed by atoms with E-state index >= 15 is 0 Å². The SMILES string of the molecule is O=C(C(O)c1ccccc1)n1nc(-c2ccc(Cl)cc2)c(-c2ccncn2)c1C1CCNCC1. The van der Waals surface area contributed by atoms with Crippen LogP contribution in [0.25, 0.3) is 22.5 Å². The smallest absolute Gasteiger partial charge is 0.280 e. The molecule has 2 aromatic carbocycles. The molecule has 0 saturated carbocycles. The molecule has 3 heterocycles. The molecule has 4 aromatic rings. The molecule has 0 spiro atoms. The fraction of sp³-hybridized carbons (Fsp3) is 0.231. The van der Waals surface area contributed by atoms with Gasteiger partial charge in [0.25, 0.3) is 5.91 Å². The molecule has 1 fully saturated rings. The number of nitrogens with zero attached hydrogens (tertiary/aromatic N) is 4. The molecule has 7 nitrogen and oxygen atoms in total. The monoisotopic (exact) mass is 473 g/mol. The van der Waals surface area contributed by atoms with Gasteiger partial charge >= 0.3 is 0 Å². The lowest BCUT2D eigenvalue weighted by Crippen LogP contribution is -2.30. The molecule has 1 unspecified atom stereocenters. The van der Waals surface area contributed by atoms with Crippen molar-refractivity contribution < 1.29 is 9.90 Å². The average molecular weight is 474 g/mol.